The normalized spacial score (nSPS) is 26.7. The summed E-state index contributed by atoms with van der Waals surface area (Å²) in [4.78, 5) is 0. The molecule has 0 saturated heterocycles. The van der Waals surface area contributed by atoms with Crippen LogP contribution in [-0.4, -0.2) is 5.60 Å². The summed E-state index contributed by atoms with van der Waals surface area (Å²) in [6.45, 7) is 0. The van der Waals surface area contributed by atoms with E-state index in [4.69, 9.17) is 10.5 Å². The lowest BCUT2D eigenvalue weighted by Gasteiger charge is -2.47. The summed E-state index contributed by atoms with van der Waals surface area (Å²) in [7, 11) is 0. The van der Waals surface area contributed by atoms with E-state index in [0.29, 0.717) is 0 Å². The quantitative estimate of drug-likeness (QED) is 0.784. The Morgan fingerprint density at radius 1 is 1.40 bits per heavy atom. The van der Waals surface area contributed by atoms with Crippen molar-refractivity contribution in [2.24, 2.45) is 5.73 Å². The third-order valence-electron chi connectivity index (χ3n) is 3.56. The molecule has 1 aliphatic heterocycles. The number of benzene rings is 1. The van der Waals surface area contributed by atoms with Gasteiger partial charge in [0.05, 0.1) is 0 Å². The first-order valence-corrected chi connectivity index (χ1v) is 6.22. The van der Waals surface area contributed by atoms with Crippen LogP contribution in [-0.2, 0) is 0 Å². The Morgan fingerprint density at radius 2 is 2.20 bits per heavy atom. The summed E-state index contributed by atoms with van der Waals surface area (Å²) in [6, 6.07) is 6.27. The molecule has 0 amide bonds. The van der Waals surface area contributed by atoms with Crippen LogP contribution in [0.1, 0.15) is 37.3 Å². The molecule has 0 radical (unpaired) electrons. The van der Waals surface area contributed by atoms with Crippen LogP contribution in [0.25, 0.3) is 0 Å². The molecule has 0 aromatic heterocycles. The van der Waals surface area contributed by atoms with E-state index in [0.717, 1.165) is 35.0 Å². The van der Waals surface area contributed by atoms with Crippen molar-refractivity contribution in [2.45, 2.75) is 37.3 Å². The Labute approximate surface area is 97.9 Å². The fourth-order valence-corrected chi connectivity index (χ4v) is 2.91. The van der Waals surface area contributed by atoms with Crippen molar-refractivity contribution >= 4 is 15.9 Å². The number of ether oxygens (including phenoxy) is 1. The van der Waals surface area contributed by atoms with Gasteiger partial charge in [-0.15, -0.1) is 0 Å². The molecule has 1 spiro atoms. The summed E-state index contributed by atoms with van der Waals surface area (Å²) in [5.41, 5.74) is 7.40. The lowest BCUT2D eigenvalue weighted by atomic mass is 9.73. The maximum atomic E-state index is 6.19. The standard InChI is InChI=1S/C12H14BrNO/c13-8-2-3-9-10(14)7-12(4-1-5-12)15-11(9)6-8/h2-3,6,10H,1,4-5,7,14H2/t10-/m1/s1. The number of hydrogen-bond acceptors (Lipinski definition) is 2. The van der Waals surface area contributed by atoms with Crippen molar-refractivity contribution < 1.29 is 4.74 Å². The molecule has 1 aromatic rings. The van der Waals surface area contributed by atoms with E-state index in [-0.39, 0.29) is 11.6 Å². The van der Waals surface area contributed by atoms with Gasteiger partial charge in [-0.25, -0.2) is 0 Å². The molecule has 2 N–H and O–H groups in total. The number of nitrogens with two attached hydrogens (primary N) is 1. The molecule has 80 valence electrons. The summed E-state index contributed by atoms with van der Waals surface area (Å²) in [6.07, 6.45) is 4.57. The molecule has 1 saturated carbocycles. The first-order valence-electron chi connectivity index (χ1n) is 5.43. The van der Waals surface area contributed by atoms with E-state index in [2.05, 4.69) is 22.0 Å². The maximum absolute atomic E-state index is 6.19. The molecule has 0 unspecified atom stereocenters. The van der Waals surface area contributed by atoms with Crippen molar-refractivity contribution in [3.8, 4) is 5.75 Å². The second-order valence-electron chi connectivity index (χ2n) is 4.63. The van der Waals surface area contributed by atoms with E-state index >= 15 is 0 Å². The van der Waals surface area contributed by atoms with Crippen molar-refractivity contribution in [2.75, 3.05) is 0 Å². The molecule has 1 aliphatic carbocycles. The molecule has 1 atom stereocenters. The van der Waals surface area contributed by atoms with Crippen LogP contribution in [0.2, 0.25) is 0 Å². The van der Waals surface area contributed by atoms with Crippen LogP contribution in [0, 0.1) is 0 Å². The highest BCUT2D eigenvalue weighted by Crippen LogP contribution is 2.48. The summed E-state index contributed by atoms with van der Waals surface area (Å²) < 4.78 is 7.16. The fourth-order valence-electron chi connectivity index (χ4n) is 2.57. The molecular weight excluding hydrogens is 254 g/mol. The van der Waals surface area contributed by atoms with Gasteiger partial charge in [0.1, 0.15) is 11.4 Å². The third kappa shape index (κ3) is 1.49. The SMILES string of the molecule is N[C@@H]1CC2(CCC2)Oc2cc(Br)ccc21. The highest BCUT2D eigenvalue weighted by molar-refractivity contribution is 9.10. The zero-order valence-electron chi connectivity index (χ0n) is 8.50. The summed E-state index contributed by atoms with van der Waals surface area (Å²) in [5.74, 6) is 0.975. The Kier molecular flexibility index (Phi) is 2.08. The average molecular weight is 268 g/mol. The molecule has 1 heterocycles. The number of halogens is 1. The van der Waals surface area contributed by atoms with E-state index in [1.54, 1.807) is 0 Å². The van der Waals surface area contributed by atoms with Gasteiger partial charge in [0.25, 0.3) is 0 Å². The van der Waals surface area contributed by atoms with Gasteiger partial charge in [0.2, 0.25) is 0 Å². The highest BCUT2D eigenvalue weighted by Gasteiger charge is 2.44. The molecule has 3 heteroatoms. The van der Waals surface area contributed by atoms with Gasteiger partial charge in [0.15, 0.2) is 0 Å². The second kappa shape index (κ2) is 3.22. The molecular formula is C12H14BrNO. The molecule has 15 heavy (non-hydrogen) atoms. The topological polar surface area (TPSA) is 35.2 Å². The first-order chi connectivity index (χ1) is 7.19. The van der Waals surface area contributed by atoms with Crippen LogP contribution in [0.15, 0.2) is 22.7 Å². The lowest BCUT2D eigenvalue weighted by molar-refractivity contribution is -0.0329. The Bertz CT molecular complexity index is 401. The first kappa shape index (κ1) is 9.67. The maximum Gasteiger partial charge on any atom is 0.126 e. The zero-order chi connectivity index (χ0) is 10.5. The minimum atomic E-state index is 0.0627. The molecule has 0 bridgehead atoms. The van der Waals surface area contributed by atoms with Gasteiger partial charge < -0.3 is 10.5 Å². The van der Waals surface area contributed by atoms with Gasteiger partial charge >= 0.3 is 0 Å². The van der Waals surface area contributed by atoms with Crippen molar-refractivity contribution in [3.05, 3.63) is 28.2 Å². The molecule has 1 aromatic carbocycles. The zero-order valence-corrected chi connectivity index (χ0v) is 10.1. The van der Waals surface area contributed by atoms with Gasteiger partial charge in [0, 0.05) is 22.5 Å². The largest absolute Gasteiger partial charge is 0.487 e. The fraction of sp³-hybridized carbons (Fsp3) is 0.500. The van der Waals surface area contributed by atoms with Gasteiger partial charge in [-0.2, -0.15) is 0 Å². The summed E-state index contributed by atoms with van der Waals surface area (Å²) >= 11 is 3.47. The predicted octanol–water partition coefficient (Wildman–Crippen LogP) is 3.15. The number of rotatable bonds is 0. The minimum absolute atomic E-state index is 0.0627. The van der Waals surface area contributed by atoms with E-state index in [1.165, 1.54) is 6.42 Å². The molecule has 2 aliphatic rings. The van der Waals surface area contributed by atoms with Crippen molar-refractivity contribution in [1.29, 1.82) is 0 Å². The van der Waals surface area contributed by atoms with E-state index in [9.17, 15) is 0 Å². The Hall–Kier alpha value is -0.540. The minimum Gasteiger partial charge on any atom is -0.487 e. The van der Waals surface area contributed by atoms with Crippen LogP contribution >= 0.6 is 15.9 Å². The van der Waals surface area contributed by atoms with E-state index in [1.807, 2.05) is 12.1 Å². The monoisotopic (exact) mass is 267 g/mol. The van der Waals surface area contributed by atoms with E-state index < -0.39 is 0 Å². The third-order valence-corrected chi connectivity index (χ3v) is 4.05. The molecule has 2 nitrogen and oxygen atoms in total. The molecule has 1 fully saturated rings. The van der Waals surface area contributed by atoms with Gasteiger partial charge in [-0.3, -0.25) is 0 Å². The average Bonchev–Trinajstić information content (AvgIpc) is 2.14. The van der Waals surface area contributed by atoms with Crippen LogP contribution in [0.5, 0.6) is 5.75 Å². The lowest BCUT2D eigenvalue weighted by Crippen LogP contribution is -2.48. The second-order valence-corrected chi connectivity index (χ2v) is 5.55. The van der Waals surface area contributed by atoms with Gasteiger partial charge in [-0.1, -0.05) is 22.0 Å². The Balaban J connectivity index is 2.01. The van der Waals surface area contributed by atoms with Crippen molar-refractivity contribution in [1.82, 2.24) is 0 Å². The van der Waals surface area contributed by atoms with Crippen LogP contribution < -0.4 is 10.5 Å². The summed E-state index contributed by atoms with van der Waals surface area (Å²) in [5, 5.41) is 0. The number of fused-ring (bicyclic) bond motifs is 1. The highest BCUT2D eigenvalue weighted by atomic mass is 79.9. The van der Waals surface area contributed by atoms with Crippen molar-refractivity contribution in [3.63, 3.8) is 0 Å². The van der Waals surface area contributed by atoms with Gasteiger partial charge in [-0.05, 0) is 31.4 Å². The number of hydrogen-bond donors (Lipinski definition) is 1. The predicted molar refractivity (Wildman–Crippen MR) is 62.9 cm³/mol. The van der Waals surface area contributed by atoms with Crippen LogP contribution in [0.3, 0.4) is 0 Å². The smallest absolute Gasteiger partial charge is 0.126 e. The molecule has 3 rings (SSSR count). The van der Waals surface area contributed by atoms with Crippen LogP contribution in [0.4, 0.5) is 0 Å². The Morgan fingerprint density at radius 3 is 2.87 bits per heavy atom.